The van der Waals surface area contributed by atoms with Crippen molar-refractivity contribution in [3.63, 3.8) is 0 Å². The zero-order valence-corrected chi connectivity index (χ0v) is 28.3. The number of carbonyl (C=O) groups is 3. The highest BCUT2D eigenvalue weighted by molar-refractivity contribution is 5.92. The third kappa shape index (κ3) is 12.3. The first kappa shape index (κ1) is 37.5. The van der Waals surface area contributed by atoms with Gasteiger partial charge >= 0.3 is 6.09 Å². The quantitative estimate of drug-likeness (QED) is 0.112. The Kier molecular flexibility index (Phi) is 15.7. The van der Waals surface area contributed by atoms with Gasteiger partial charge in [-0.15, -0.1) is 0 Å². The molecular weight excluding hydrogens is 594 g/mol. The minimum Gasteiger partial charge on any atom is -0.445 e. The molecule has 3 amide bonds. The molecular formula is C38H53N3O6. The number of aliphatic hydroxyl groups is 2. The van der Waals surface area contributed by atoms with Gasteiger partial charge in [0.05, 0.1) is 18.2 Å². The van der Waals surface area contributed by atoms with Crippen LogP contribution < -0.4 is 16.0 Å². The smallest absolute Gasteiger partial charge is 0.408 e. The second kappa shape index (κ2) is 19.7. The van der Waals surface area contributed by atoms with E-state index in [1.54, 1.807) is 0 Å². The topological polar surface area (TPSA) is 137 Å². The molecule has 0 saturated heterocycles. The molecule has 9 nitrogen and oxygen atoms in total. The lowest BCUT2D eigenvalue weighted by Gasteiger charge is -2.31. The Morgan fingerprint density at radius 3 is 2.09 bits per heavy atom. The molecule has 0 fully saturated rings. The molecule has 0 radical (unpaired) electrons. The van der Waals surface area contributed by atoms with Gasteiger partial charge in [-0.3, -0.25) is 9.59 Å². The van der Waals surface area contributed by atoms with Gasteiger partial charge in [0, 0.05) is 6.42 Å². The van der Waals surface area contributed by atoms with Crippen molar-refractivity contribution in [1.82, 2.24) is 16.0 Å². The third-order valence-corrected chi connectivity index (χ3v) is 8.32. The van der Waals surface area contributed by atoms with Crippen LogP contribution >= 0.6 is 0 Å². The highest BCUT2D eigenvalue weighted by Gasteiger charge is 2.32. The van der Waals surface area contributed by atoms with Gasteiger partial charge in [0.1, 0.15) is 18.7 Å². The van der Waals surface area contributed by atoms with E-state index in [1.807, 2.05) is 100 Å². The van der Waals surface area contributed by atoms with Gasteiger partial charge in [0.25, 0.3) is 0 Å². The molecule has 0 aliphatic heterocycles. The summed E-state index contributed by atoms with van der Waals surface area (Å²) in [4.78, 5) is 40.7. The minimum atomic E-state index is -1.14. The first-order chi connectivity index (χ1) is 22.6. The Hall–Kier alpha value is -3.95. The van der Waals surface area contributed by atoms with Crippen LogP contribution in [0.4, 0.5) is 4.79 Å². The molecule has 3 aromatic carbocycles. The number of aliphatic hydroxyl groups excluding tert-OH is 2. The van der Waals surface area contributed by atoms with Crippen molar-refractivity contribution in [1.29, 1.82) is 0 Å². The van der Waals surface area contributed by atoms with Gasteiger partial charge in [-0.1, -0.05) is 126 Å². The van der Waals surface area contributed by atoms with Crippen molar-refractivity contribution >= 4 is 28.7 Å². The molecule has 0 spiro atoms. The summed E-state index contributed by atoms with van der Waals surface area (Å²) in [5, 5.41) is 32.2. The van der Waals surface area contributed by atoms with E-state index in [9.17, 15) is 24.6 Å². The van der Waals surface area contributed by atoms with Gasteiger partial charge in [-0.05, 0) is 47.1 Å². The first-order valence-corrected chi connectivity index (χ1v) is 17.0. The molecule has 5 atom stereocenters. The first-order valence-electron chi connectivity index (χ1n) is 17.0. The fourth-order valence-corrected chi connectivity index (χ4v) is 5.68. The van der Waals surface area contributed by atoms with E-state index in [2.05, 4.69) is 16.0 Å². The number of fused-ring (bicyclic) bond motifs is 1. The largest absolute Gasteiger partial charge is 0.445 e. The summed E-state index contributed by atoms with van der Waals surface area (Å²) in [6.45, 7) is 8.03. The maximum atomic E-state index is 13.9. The maximum absolute atomic E-state index is 13.9. The predicted molar refractivity (Wildman–Crippen MR) is 186 cm³/mol. The Bertz CT molecular complexity index is 1390. The van der Waals surface area contributed by atoms with Gasteiger partial charge in [-0.25, -0.2) is 4.79 Å². The van der Waals surface area contributed by atoms with Gasteiger partial charge in [0.2, 0.25) is 11.8 Å². The van der Waals surface area contributed by atoms with Crippen LogP contribution in [0.1, 0.15) is 83.8 Å². The molecule has 5 N–H and O–H groups in total. The molecule has 0 aromatic heterocycles. The Morgan fingerprint density at radius 1 is 0.745 bits per heavy atom. The Morgan fingerprint density at radius 2 is 1.38 bits per heavy atom. The standard InChI is InChI=1S/C38H53N3O6/c1-5-7-21-31(36(44)40-32(23-26(3)4)35(43)34(42)22-8-6-2)39-37(45)33(41-38(46)47-25-27-15-10-9-11-16-27)24-29-19-14-18-28-17-12-13-20-30(28)29/h9-20,26,31-35,42-43H,5-8,21-25H2,1-4H3,(H,39,45)(H,40,44)(H,41,46)/t31-,32-,33-,34+,35+/m0/s1. The Balaban J connectivity index is 1.82. The number of hydrogen-bond acceptors (Lipinski definition) is 6. The third-order valence-electron chi connectivity index (χ3n) is 8.32. The molecule has 3 aromatic rings. The van der Waals surface area contributed by atoms with E-state index < -0.39 is 48.2 Å². The number of rotatable bonds is 19. The number of unbranched alkanes of at least 4 members (excludes halogenated alkanes) is 2. The highest BCUT2D eigenvalue weighted by Crippen LogP contribution is 2.21. The normalized spacial score (nSPS) is 14.5. The van der Waals surface area contributed by atoms with Crippen molar-refractivity contribution in [2.75, 3.05) is 0 Å². The summed E-state index contributed by atoms with van der Waals surface area (Å²) >= 11 is 0. The predicted octanol–water partition coefficient (Wildman–Crippen LogP) is 5.80. The van der Waals surface area contributed by atoms with E-state index in [0.717, 1.165) is 41.2 Å². The van der Waals surface area contributed by atoms with Crippen LogP contribution in [0.5, 0.6) is 0 Å². The molecule has 0 bridgehead atoms. The van der Waals surface area contributed by atoms with E-state index in [0.29, 0.717) is 25.7 Å². The average molecular weight is 648 g/mol. The van der Waals surface area contributed by atoms with Crippen LogP contribution in [0.2, 0.25) is 0 Å². The molecule has 0 unspecified atom stereocenters. The van der Waals surface area contributed by atoms with E-state index >= 15 is 0 Å². The van der Waals surface area contributed by atoms with Crippen LogP contribution in [0, 0.1) is 5.92 Å². The van der Waals surface area contributed by atoms with Crippen LogP contribution in [0.3, 0.4) is 0 Å². The maximum Gasteiger partial charge on any atom is 0.408 e. The Labute approximate surface area is 279 Å². The fourth-order valence-electron chi connectivity index (χ4n) is 5.68. The lowest BCUT2D eigenvalue weighted by atomic mass is 9.93. The molecule has 47 heavy (non-hydrogen) atoms. The van der Waals surface area contributed by atoms with Crippen molar-refractivity contribution in [2.45, 2.75) is 116 Å². The monoisotopic (exact) mass is 647 g/mol. The number of benzene rings is 3. The van der Waals surface area contributed by atoms with Crippen LogP contribution in [0.15, 0.2) is 72.8 Å². The van der Waals surface area contributed by atoms with Gasteiger partial charge in [-0.2, -0.15) is 0 Å². The second-order valence-electron chi connectivity index (χ2n) is 12.7. The molecule has 0 heterocycles. The van der Waals surface area contributed by atoms with Crippen molar-refractivity contribution in [3.8, 4) is 0 Å². The van der Waals surface area contributed by atoms with E-state index in [-0.39, 0.29) is 18.9 Å². The number of hydrogen-bond donors (Lipinski definition) is 5. The van der Waals surface area contributed by atoms with Crippen LogP contribution in [0.25, 0.3) is 10.8 Å². The highest BCUT2D eigenvalue weighted by atomic mass is 16.5. The van der Waals surface area contributed by atoms with E-state index in [4.69, 9.17) is 4.74 Å². The molecule has 256 valence electrons. The van der Waals surface area contributed by atoms with Crippen LogP contribution in [-0.2, 0) is 27.4 Å². The average Bonchev–Trinajstić information content (AvgIpc) is 3.07. The van der Waals surface area contributed by atoms with E-state index in [1.165, 1.54) is 0 Å². The number of carbonyl (C=O) groups excluding carboxylic acids is 3. The summed E-state index contributed by atoms with van der Waals surface area (Å²) in [5.41, 5.74) is 1.68. The second-order valence-corrected chi connectivity index (χ2v) is 12.7. The minimum absolute atomic E-state index is 0.0421. The summed E-state index contributed by atoms with van der Waals surface area (Å²) in [6.07, 6.45) is 1.69. The van der Waals surface area contributed by atoms with Crippen molar-refractivity contribution in [3.05, 3.63) is 83.9 Å². The lowest BCUT2D eigenvalue weighted by Crippen LogP contribution is -2.57. The summed E-state index contributed by atoms with van der Waals surface area (Å²) in [5.74, 6) is -0.808. The number of amides is 3. The lowest BCUT2D eigenvalue weighted by molar-refractivity contribution is -0.131. The summed E-state index contributed by atoms with van der Waals surface area (Å²) < 4.78 is 5.46. The van der Waals surface area contributed by atoms with Crippen LogP contribution in [-0.4, -0.2) is 58.5 Å². The van der Waals surface area contributed by atoms with Crippen molar-refractivity contribution in [2.24, 2.45) is 5.92 Å². The molecule has 0 saturated carbocycles. The number of nitrogens with one attached hydrogen (secondary N) is 3. The zero-order valence-electron chi connectivity index (χ0n) is 28.3. The fraction of sp³-hybridized carbons (Fsp3) is 0.500. The molecule has 3 rings (SSSR count). The van der Waals surface area contributed by atoms with Gasteiger partial charge < -0.3 is 30.9 Å². The van der Waals surface area contributed by atoms with Crippen molar-refractivity contribution < 1.29 is 29.3 Å². The summed E-state index contributed by atoms with van der Waals surface area (Å²) in [7, 11) is 0. The zero-order chi connectivity index (χ0) is 34.2. The molecule has 0 aliphatic rings. The molecule has 0 aliphatic carbocycles. The summed E-state index contributed by atoms with van der Waals surface area (Å²) in [6, 6.07) is 20.3. The van der Waals surface area contributed by atoms with Gasteiger partial charge in [0.15, 0.2) is 0 Å². The SMILES string of the molecule is CCCC[C@H](NC(=O)[C@H](Cc1cccc2ccccc12)NC(=O)OCc1ccccc1)C(=O)N[C@@H](CC(C)C)[C@@H](O)[C@H](O)CCCC. The number of ether oxygens (including phenoxy) is 1. The number of alkyl carbamates (subject to hydrolysis) is 1. The molecule has 9 heteroatoms.